The second kappa shape index (κ2) is 8.55. The number of sulfonamides is 2. The number of hydrogen-bond acceptors (Lipinski definition) is 8. The lowest BCUT2D eigenvalue weighted by molar-refractivity contribution is -0.133. The Labute approximate surface area is 183 Å². The molecule has 0 aliphatic carbocycles. The SMILES string of the molecule is Cc1noc(C)c1S(=O)(=O)N[C@@H](C)C(=O)N1CCN(S(=O)(=O)c2ccc(Cl)s2)CC1. The summed E-state index contributed by atoms with van der Waals surface area (Å²) < 4.78 is 59.6. The van der Waals surface area contributed by atoms with Gasteiger partial charge in [0.05, 0.1) is 10.4 Å². The zero-order valence-electron chi connectivity index (χ0n) is 16.5. The number of carbonyl (C=O) groups excluding carboxylic acids is 1. The van der Waals surface area contributed by atoms with E-state index in [-0.39, 0.29) is 46.7 Å². The van der Waals surface area contributed by atoms with Crippen LogP contribution in [-0.2, 0) is 24.8 Å². The highest BCUT2D eigenvalue weighted by Gasteiger charge is 2.34. The van der Waals surface area contributed by atoms with Gasteiger partial charge in [-0.1, -0.05) is 16.8 Å². The second-order valence-corrected chi connectivity index (χ2v) is 12.3. The lowest BCUT2D eigenvalue weighted by Crippen LogP contribution is -2.55. The van der Waals surface area contributed by atoms with Crippen LogP contribution in [-0.4, -0.2) is 69.3 Å². The average molecular weight is 497 g/mol. The Kier molecular flexibility index (Phi) is 6.60. The number of aryl methyl sites for hydroxylation is 2. The normalized spacial score (nSPS) is 17.3. The lowest BCUT2D eigenvalue weighted by Gasteiger charge is -2.35. The van der Waals surface area contributed by atoms with E-state index in [1.54, 1.807) is 0 Å². The molecule has 166 valence electrons. The maximum Gasteiger partial charge on any atom is 0.252 e. The van der Waals surface area contributed by atoms with E-state index in [1.165, 1.54) is 42.1 Å². The van der Waals surface area contributed by atoms with Crippen LogP contribution < -0.4 is 4.72 Å². The number of nitrogens with one attached hydrogen (secondary N) is 1. The van der Waals surface area contributed by atoms with Gasteiger partial charge in [0.2, 0.25) is 15.9 Å². The molecule has 0 radical (unpaired) electrons. The number of hydrogen-bond donors (Lipinski definition) is 1. The molecule has 2 aromatic rings. The van der Waals surface area contributed by atoms with Crippen LogP contribution in [0.1, 0.15) is 18.4 Å². The van der Waals surface area contributed by atoms with E-state index in [0.29, 0.717) is 4.34 Å². The highest BCUT2D eigenvalue weighted by atomic mass is 35.5. The third-order valence-electron chi connectivity index (χ3n) is 4.63. The fourth-order valence-electron chi connectivity index (χ4n) is 3.19. The van der Waals surface area contributed by atoms with Crippen molar-refractivity contribution in [2.45, 2.75) is 35.9 Å². The molecule has 0 spiro atoms. The molecule has 0 aromatic carbocycles. The first kappa shape index (κ1) is 23.2. The summed E-state index contributed by atoms with van der Waals surface area (Å²) in [6.07, 6.45) is 0. The van der Waals surface area contributed by atoms with Crippen LogP contribution in [0.4, 0.5) is 0 Å². The molecule has 3 rings (SSSR count). The number of amides is 1. The molecule has 1 amide bonds. The molecule has 30 heavy (non-hydrogen) atoms. The predicted molar refractivity (Wildman–Crippen MR) is 110 cm³/mol. The first-order valence-electron chi connectivity index (χ1n) is 8.93. The third kappa shape index (κ3) is 4.55. The van der Waals surface area contributed by atoms with Gasteiger partial charge in [-0.05, 0) is 32.9 Å². The minimum absolute atomic E-state index is 0.0901. The molecule has 1 atom stereocenters. The third-order valence-corrected chi connectivity index (χ3v) is 10.0. The molecule has 1 aliphatic rings. The highest BCUT2D eigenvalue weighted by molar-refractivity contribution is 7.91. The molecule has 0 unspecified atom stereocenters. The molecule has 1 fully saturated rings. The monoisotopic (exact) mass is 496 g/mol. The van der Waals surface area contributed by atoms with E-state index in [0.717, 1.165) is 11.3 Å². The van der Waals surface area contributed by atoms with Gasteiger partial charge in [-0.2, -0.15) is 9.03 Å². The van der Waals surface area contributed by atoms with Crippen molar-refractivity contribution in [3.05, 3.63) is 27.9 Å². The van der Waals surface area contributed by atoms with E-state index < -0.39 is 32.0 Å². The summed E-state index contributed by atoms with van der Waals surface area (Å²) in [4.78, 5) is 14.1. The van der Waals surface area contributed by atoms with E-state index >= 15 is 0 Å². The minimum atomic E-state index is -4.00. The number of nitrogens with zero attached hydrogens (tertiary/aromatic N) is 3. The van der Waals surface area contributed by atoms with E-state index in [9.17, 15) is 21.6 Å². The summed E-state index contributed by atoms with van der Waals surface area (Å²) in [6, 6.07) is 1.93. The van der Waals surface area contributed by atoms with Gasteiger partial charge < -0.3 is 9.42 Å². The molecular formula is C16H21ClN4O6S3. The molecule has 1 saturated heterocycles. The Morgan fingerprint density at radius 2 is 1.83 bits per heavy atom. The topological polar surface area (TPSA) is 130 Å². The second-order valence-electron chi connectivity index (χ2n) is 6.78. The van der Waals surface area contributed by atoms with Gasteiger partial charge in [0, 0.05) is 26.2 Å². The van der Waals surface area contributed by atoms with Crippen molar-refractivity contribution < 1.29 is 26.2 Å². The van der Waals surface area contributed by atoms with E-state index in [1.807, 2.05) is 0 Å². The first-order chi connectivity index (χ1) is 13.9. The summed E-state index contributed by atoms with van der Waals surface area (Å²) in [7, 11) is -7.68. The smallest absolute Gasteiger partial charge is 0.252 e. The zero-order chi connectivity index (χ0) is 22.3. The van der Waals surface area contributed by atoms with Crippen LogP contribution in [0.25, 0.3) is 0 Å². The Bertz CT molecular complexity index is 1130. The predicted octanol–water partition coefficient (Wildman–Crippen LogP) is 1.21. The van der Waals surface area contributed by atoms with Gasteiger partial charge in [0.25, 0.3) is 10.0 Å². The number of piperazine rings is 1. The van der Waals surface area contributed by atoms with Crippen LogP contribution in [0.5, 0.6) is 0 Å². The van der Waals surface area contributed by atoms with Gasteiger partial charge in [-0.3, -0.25) is 4.79 Å². The average Bonchev–Trinajstić information content (AvgIpc) is 3.26. The standard InChI is InChI=1S/C16H21ClN4O6S3/c1-10-15(12(3)27-18-10)29(23,24)19-11(2)16(22)20-6-8-21(9-7-20)30(25,26)14-5-4-13(17)28-14/h4-5,11,19H,6-9H2,1-3H3/t11-/m0/s1. The van der Waals surface area contributed by atoms with Crippen molar-refractivity contribution in [1.29, 1.82) is 0 Å². The first-order valence-corrected chi connectivity index (χ1v) is 13.0. The van der Waals surface area contributed by atoms with Gasteiger partial charge in [0.1, 0.15) is 14.8 Å². The Hall–Kier alpha value is -1.51. The number of halogens is 1. The maximum absolute atomic E-state index is 12.7. The highest BCUT2D eigenvalue weighted by Crippen LogP contribution is 2.28. The van der Waals surface area contributed by atoms with Crippen molar-refractivity contribution in [1.82, 2.24) is 19.1 Å². The van der Waals surface area contributed by atoms with Crippen molar-refractivity contribution in [3.8, 4) is 0 Å². The van der Waals surface area contributed by atoms with Gasteiger partial charge >= 0.3 is 0 Å². The summed E-state index contributed by atoms with van der Waals surface area (Å²) in [5.41, 5.74) is 0.201. The van der Waals surface area contributed by atoms with Crippen molar-refractivity contribution in [3.63, 3.8) is 0 Å². The Balaban J connectivity index is 1.64. The molecule has 0 bridgehead atoms. The van der Waals surface area contributed by atoms with Gasteiger partial charge in [-0.25, -0.2) is 16.8 Å². The van der Waals surface area contributed by atoms with Crippen molar-refractivity contribution in [2.24, 2.45) is 0 Å². The molecule has 10 nitrogen and oxygen atoms in total. The number of thiophene rings is 1. The van der Waals surface area contributed by atoms with Crippen LogP contribution in [0.3, 0.4) is 0 Å². The molecule has 1 N–H and O–H groups in total. The van der Waals surface area contributed by atoms with E-state index in [2.05, 4.69) is 9.88 Å². The van der Waals surface area contributed by atoms with Gasteiger partial charge in [-0.15, -0.1) is 11.3 Å². The number of aromatic nitrogens is 1. The fourth-order valence-corrected chi connectivity index (χ4v) is 7.77. The summed E-state index contributed by atoms with van der Waals surface area (Å²) in [6.45, 7) is 4.91. The molecular weight excluding hydrogens is 476 g/mol. The van der Waals surface area contributed by atoms with Crippen LogP contribution in [0.15, 0.2) is 25.8 Å². The minimum Gasteiger partial charge on any atom is -0.360 e. The van der Waals surface area contributed by atoms with Crippen LogP contribution in [0.2, 0.25) is 4.34 Å². The Morgan fingerprint density at radius 3 is 2.33 bits per heavy atom. The molecule has 1 aliphatic heterocycles. The lowest BCUT2D eigenvalue weighted by atomic mass is 10.2. The maximum atomic E-state index is 12.7. The van der Waals surface area contributed by atoms with Crippen LogP contribution >= 0.6 is 22.9 Å². The zero-order valence-corrected chi connectivity index (χ0v) is 19.7. The summed E-state index contributed by atoms with van der Waals surface area (Å²) in [5.74, 6) is -0.311. The summed E-state index contributed by atoms with van der Waals surface area (Å²) in [5, 5.41) is 3.62. The van der Waals surface area contributed by atoms with Crippen LogP contribution in [0, 0.1) is 13.8 Å². The molecule has 0 saturated carbocycles. The van der Waals surface area contributed by atoms with Gasteiger partial charge in [0.15, 0.2) is 5.76 Å². The molecule has 14 heteroatoms. The molecule has 2 aromatic heterocycles. The summed E-state index contributed by atoms with van der Waals surface area (Å²) >= 11 is 6.80. The largest absolute Gasteiger partial charge is 0.360 e. The Morgan fingerprint density at radius 1 is 1.20 bits per heavy atom. The quantitative estimate of drug-likeness (QED) is 0.636. The van der Waals surface area contributed by atoms with Crippen molar-refractivity contribution in [2.75, 3.05) is 26.2 Å². The number of rotatable bonds is 6. The number of carbonyl (C=O) groups is 1. The fraction of sp³-hybridized carbons (Fsp3) is 0.500. The van der Waals surface area contributed by atoms with E-state index in [4.69, 9.17) is 16.1 Å². The molecule has 3 heterocycles. The van der Waals surface area contributed by atoms with Crippen molar-refractivity contribution >= 4 is 48.9 Å².